The normalized spacial score (nSPS) is 27.0. The zero-order valence-electron chi connectivity index (χ0n) is 15.3. The van der Waals surface area contributed by atoms with Crippen LogP contribution in [-0.4, -0.2) is 42.1 Å². The van der Waals surface area contributed by atoms with E-state index in [4.69, 9.17) is 14.2 Å². The Labute approximate surface area is 144 Å². The molecular weight excluding hydrogens is 306 g/mol. The molecular formula is C19H29NO4. The van der Waals surface area contributed by atoms with E-state index >= 15 is 0 Å². The summed E-state index contributed by atoms with van der Waals surface area (Å²) < 4.78 is 17.2. The predicted molar refractivity (Wildman–Crippen MR) is 91.4 cm³/mol. The molecule has 0 N–H and O–H groups in total. The predicted octanol–water partition coefficient (Wildman–Crippen LogP) is 4.00. The monoisotopic (exact) mass is 335 g/mol. The zero-order valence-corrected chi connectivity index (χ0v) is 15.3. The van der Waals surface area contributed by atoms with Crippen LogP contribution in [0.2, 0.25) is 0 Å². The molecule has 2 aliphatic heterocycles. The Hall–Kier alpha value is -1.33. The zero-order chi connectivity index (χ0) is 17.4. The van der Waals surface area contributed by atoms with Crippen LogP contribution in [0.5, 0.6) is 0 Å². The minimum atomic E-state index is -0.487. The standard InChI is InChI=1S/C19H29NO4/c1-14-5-6-16(20(13-14)17(21)24-18(2,3)4)15-7-9-19(10-8-15)22-11-12-23-19/h6-7,14H,5,8-13H2,1-4H3. The van der Waals surface area contributed by atoms with Gasteiger partial charge in [0.25, 0.3) is 0 Å². The van der Waals surface area contributed by atoms with Crippen LogP contribution in [0, 0.1) is 5.92 Å². The van der Waals surface area contributed by atoms with Gasteiger partial charge in [0.15, 0.2) is 5.79 Å². The van der Waals surface area contributed by atoms with E-state index in [2.05, 4.69) is 19.1 Å². The van der Waals surface area contributed by atoms with E-state index in [0.29, 0.717) is 25.7 Å². The number of amides is 1. The van der Waals surface area contributed by atoms with Crippen molar-refractivity contribution in [1.82, 2.24) is 4.90 Å². The molecule has 3 rings (SSSR count). The first-order valence-electron chi connectivity index (χ1n) is 8.96. The van der Waals surface area contributed by atoms with Crippen LogP contribution < -0.4 is 0 Å². The van der Waals surface area contributed by atoms with E-state index in [1.807, 2.05) is 20.8 Å². The van der Waals surface area contributed by atoms with Gasteiger partial charge in [0.1, 0.15) is 5.60 Å². The van der Waals surface area contributed by atoms with E-state index < -0.39 is 11.4 Å². The number of hydrogen-bond acceptors (Lipinski definition) is 4. The van der Waals surface area contributed by atoms with Gasteiger partial charge in [-0.3, -0.25) is 4.90 Å². The van der Waals surface area contributed by atoms with Gasteiger partial charge in [0.05, 0.1) is 13.2 Å². The second-order valence-electron chi connectivity index (χ2n) is 8.06. The SMILES string of the molecule is CC1CC=C(C2=CCC3(CC2)OCCO3)N(C(=O)OC(C)(C)C)C1. The molecule has 1 spiro atoms. The number of rotatable bonds is 1. The van der Waals surface area contributed by atoms with Crippen LogP contribution in [0.1, 0.15) is 53.4 Å². The maximum absolute atomic E-state index is 12.6. The molecule has 0 aromatic carbocycles. The molecule has 1 amide bonds. The molecule has 1 atom stereocenters. The summed E-state index contributed by atoms with van der Waals surface area (Å²) in [7, 11) is 0. The molecule has 5 nitrogen and oxygen atoms in total. The number of nitrogens with zero attached hydrogens (tertiary/aromatic N) is 1. The molecule has 1 aliphatic carbocycles. The molecule has 1 saturated heterocycles. The molecule has 134 valence electrons. The Morgan fingerprint density at radius 2 is 2.00 bits per heavy atom. The maximum atomic E-state index is 12.6. The van der Waals surface area contributed by atoms with Crippen LogP contribution in [0.3, 0.4) is 0 Å². The summed E-state index contributed by atoms with van der Waals surface area (Å²) in [6.45, 7) is 9.92. The fraction of sp³-hybridized carbons (Fsp3) is 0.737. The fourth-order valence-electron chi connectivity index (χ4n) is 3.50. The van der Waals surface area contributed by atoms with Crippen molar-refractivity contribution in [1.29, 1.82) is 0 Å². The van der Waals surface area contributed by atoms with Crippen LogP contribution in [0.15, 0.2) is 23.4 Å². The summed E-state index contributed by atoms with van der Waals surface area (Å²) in [6, 6.07) is 0. The van der Waals surface area contributed by atoms with Gasteiger partial charge < -0.3 is 14.2 Å². The average molecular weight is 335 g/mol. The summed E-state index contributed by atoms with van der Waals surface area (Å²) in [5, 5.41) is 0. The minimum absolute atomic E-state index is 0.255. The lowest BCUT2D eigenvalue weighted by atomic mass is 9.89. The lowest BCUT2D eigenvalue weighted by molar-refractivity contribution is -0.161. The van der Waals surface area contributed by atoms with Crippen LogP contribution in [0.4, 0.5) is 4.79 Å². The van der Waals surface area contributed by atoms with Crippen molar-refractivity contribution >= 4 is 6.09 Å². The lowest BCUT2D eigenvalue weighted by Crippen LogP contribution is -2.41. The molecule has 0 radical (unpaired) electrons. The Bertz CT molecular complexity index is 552. The van der Waals surface area contributed by atoms with Gasteiger partial charge in [-0.2, -0.15) is 0 Å². The van der Waals surface area contributed by atoms with Crippen LogP contribution in [-0.2, 0) is 14.2 Å². The second-order valence-corrected chi connectivity index (χ2v) is 8.06. The fourth-order valence-corrected chi connectivity index (χ4v) is 3.50. The molecule has 1 unspecified atom stereocenters. The summed E-state index contributed by atoms with van der Waals surface area (Å²) in [5.41, 5.74) is 1.73. The molecule has 2 heterocycles. The molecule has 0 aromatic rings. The number of carbonyl (C=O) groups is 1. The minimum Gasteiger partial charge on any atom is -0.443 e. The first-order chi connectivity index (χ1) is 11.3. The van der Waals surface area contributed by atoms with Gasteiger partial charge >= 0.3 is 6.09 Å². The molecule has 1 fully saturated rings. The molecule has 0 saturated carbocycles. The first kappa shape index (κ1) is 17.5. The van der Waals surface area contributed by atoms with Gasteiger partial charge in [0.2, 0.25) is 0 Å². The maximum Gasteiger partial charge on any atom is 0.414 e. The number of carbonyl (C=O) groups excluding carboxylic acids is 1. The molecule has 0 aromatic heterocycles. The quantitative estimate of drug-likeness (QED) is 0.727. The summed E-state index contributed by atoms with van der Waals surface area (Å²) >= 11 is 0. The Morgan fingerprint density at radius 3 is 2.58 bits per heavy atom. The number of allylic oxidation sites excluding steroid dienone is 2. The third-order valence-corrected chi connectivity index (χ3v) is 4.69. The van der Waals surface area contributed by atoms with Crippen LogP contribution >= 0.6 is 0 Å². The highest BCUT2D eigenvalue weighted by Crippen LogP contribution is 2.39. The van der Waals surface area contributed by atoms with Gasteiger partial charge in [-0.1, -0.05) is 19.1 Å². The topological polar surface area (TPSA) is 48.0 Å². The Kier molecular flexibility index (Phi) is 4.76. The Morgan fingerprint density at radius 1 is 1.29 bits per heavy atom. The van der Waals surface area contributed by atoms with E-state index in [1.165, 1.54) is 5.57 Å². The Balaban J connectivity index is 1.77. The molecule has 5 heteroatoms. The largest absolute Gasteiger partial charge is 0.443 e. The average Bonchev–Trinajstić information content (AvgIpc) is 2.95. The molecule has 3 aliphatic rings. The van der Waals surface area contributed by atoms with Crippen molar-refractivity contribution in [3.63, 3.8) is 0 Å². The molecule has 24 heavy (non-hydrogen) atoms. The highest BCUT2D eigenvalue weighted by Gasteiger charge is 2.39. The van der Waals surface area contributed by atoms with Gasteiger partial charge in [-0.05, 0) is 45.1 Å². The van der Waals surface area contributed by atoms with Crippen molar-refractivity contribution in [2.24, 2.45) is 5.92 Å². The van der Waals surface area contributed by atoms with Gasteiger partial charge in [-0.25, -0.2) is 4.79 Å². The number of hydrogen-bond donors (Lipinski definition) is 0. The van der Waals surface area contributed by atoms with E-state index in [1.54, 1.807) is 4.90 Å². The smallest absolute Gasteiger partial charge is 0.414 e. The summed E-state index contributed by atoms with van der Waals surface area (Å²) in [4.78, 5) is 14.5. The third-order valence-electron chi connectivity index (χ3n) is 4.69. The summed E-state index contributed by atoms with van der Waals surface area (Å²) in [6.07, 6.45) is 7.54. The van der Waals surface area contributed by atoms with Crippen LogP contribution in [0.25, 0.3) is 0 Å². The van der Waals surface area contributed by atoms with Crippen molar-refractivity contribution in [2.75, 3.05) is 19.8 Å². The second kappa shape index (κ2) is 6.52. The van der Waals surface area contributed by atoms with E-state index in [0.717, 1.165) is 31.4 Å². The van der Waals surface area contributed by atoms with Gasteiger partial charge in [-0.15, -0.1) is 0 Å². The van der Waals surface area contributed by atoms with E-state index in [9.17, 15) is 4.79 Å². The van der Waals surface area contributed by atoms with Crippen molar-refractivity contribution in [3.8, 4) is 0 Å². The van der Waals surface area contributed by atoms with E-state index in [-0.39, 0.29) is 6.09 Å². The highest BCUT2D eigenvalue weighted by atomic mass is 16.7. The lowest BCUT2D eigenvalue weighted by Gasteiger charge is -2.37. The highest BCUT2D eigenvalue weighted by molar-refractivity contribution is 5.72. The van der Waals surface area contributed by atoms with Crippen molar-refractivity contribution in [3.05, 3.63) is 23.4 Å². The number of ether oxygens (including phenoxy) is 3. The van der Waals surface area contributed by atoms with Crippen molar-refractivity contribution < 1.29 is 19.0 Å². The first-order valence-corrected chi connectivity index (χ1v) is 8.96. The van der Waals surface area contributed by atoms with Crippen molar-refractivity contribution in [2.45, 2.75) is 64.8 Å². The molecule has 0 bridgehead atoms. The van der Waals surface area contributed by atoms with Gasteiger partial charge in [0, 0.05) is 25.1 Å². The third kappa shape index (κ3) is 3.83. The summed E-state index contributed by atoms with van der Waals surface area (Å²) in [5.74, 6) is 0.0151.